The van der Waals surface area contributed by atoms with E-state index in [1.807, 2.05) is 38.1 Å². The van der Waals surface area contributed by atoms with Crippen molar-refractivity contribution in [2.75, 3.05) is 26.4 Å². The summed E-state index contributed by atoms with van der Waals surface area (Å²) in [5.41, 5.74) is 2.07. The topological polar surface area (TPSA) is 47.9 Å². The molecule has 0 bridgehead atoms. The van der Waals surface area contributed by atoms with Crippen molar-refractivity contribution < 1.29 is 19.3 Å². The molecule has 0 fully saturated rings. The van der Waals surface area contributed by atoms with E-state index in [4.69, 9.17) is 19.3 Å². The van der Waals surface area contributed by atoms with Crippen LogP contribution in [0.15, 0.2) is 24.3 Å². The van der Waals surface area contributed by atoms with Crippen LogP contribution >= 0.6 is 0 Å². The summed E-state index contributed by atoms with van der Waals surface area (Å²) in [5, 5.41) is 8.62. The van der Waals surface area contributed by atoms with E-state index in [9.17, 15) is 0 Å². The molecule has 0 spiro atoms. The minimum Gasteiger partial charge on any atom is -0.394 e. The molecule has 102 valence electrons. The highest BCUT2D eigenvalue weighted by atomic mass is 16.7. The van der Waals surface area contributed by atoms with Crippen LogP contribution in [-0.4, -0.2) is 31.5 Å². The normalized spacial score (nSPS) is 11.1. The lowest BCUT2D eigenvalue weighted by atomic mass is 10.1. The van der Waals surface area contributed by atoms with Crippen LogP contribution in [-0.2, 0) is 20.8 Å². The highest BCUT2D eigenvalue weighted by Gasteiger charge is 2.10. The van der Waals surface area contributed by atoms with Crippen molar-refractivity contribution in [3.05, 3.63) is 35.4 Å². The van der Waals surface area contributed by atoms with Crippen LogP contribution < -0.4 is 0 Å². The van der Waals surface area contributed by atoms with Crippen molar-refractivity contribution in [1.82, 2.24) is 0 Å². The van der Waals surface area contributed by atoms with Gasteiger partial charge in [-0.05, 0) is 19.4 Å². The van der Waals surface area contributed by atoms with Crippen LogP contribution in [0.3, 0.4) is 0 Å². The number of aliphatic hydroxyl groups excluding tert-OH is 1. The first-order valence-corrected chi connectivity index (χ1v) is 6.32. The molecule has 0 radical (unpaired) electrons. The van der Waals surface area contributed by atoms with Gasteiger partial charge in [-0.25, -0.2) is 0 Å². The van der Waals surface area contributed by atoms with Gasteiger partial charge < -0.3 is 19.3 Å². The van der Waals surface area contributed by atoms with Gasteiger partial charge in [-0.3, -0.25) is 0 Å². The van der Waals surface area contributed by atoms with Crippen molar-refractivity contribution in [3.8, 4) is 0 Å². The largest absolute Gasteiger partial charge is 0.394 e. The van der Waals surface area contributed by atoms with E-state index in [-0.39, 0.29) is 12.9 Å². The molecule has 0 atom stereocenters. The summed E-state index contributed by atoms with van der Waals surface area (Å²) in [6.07, 6.45) is -0.299. The van der Waals surface area contributed by atoms with Gasteiger partial charge in [0.05, 0.1) is 19.8 Å². The van der Waals surface area contributed by atoms with Crippen LogP contribution in [0, 0.1) is 0 Å². The number of ether oxygens (including phenoxy) is 3. The van der Waals surface area contributed by atoms with Crippen molar-refractivity contribution in [3.63, 3.8) is 0 Å². The predicted molar refractivity (Wildman–Crippen MR) is 69.2 cm³/mol. The Morgan fingerprint density at radius 1 is 1.06 bits per heavy atom. The highest BCUT2D eigenvalue weighted by Crippen LogP contribution is 2.19. The minimum atomic E-state index is -0.299. The van der Waals surface area contributed by atoms with Gasteiger partial charge in [0.25, 0.3) is 0 Å². The maximum absolute atomic E-state index is 8.62. The smallest absolute Gasteiger partial charge is 0.183 e. The summed E-state index contributed by atoms with van der Waals surface area (Å²) in [4.78, 5) is 0. The number of hydrogen-bond acceptors (Lipinski definition) is 4. The Morgan fingerprint density at radius 2 is 1.67 bits per heavy atom. The summed E-state index contributed by atoms with van der Waals surface area (Å²) < 4.78 is 16.3. The Bertz CT molecular complexity index is 304. The standard InChI is InChI=1S/C14H22O4/c1-3-17-14(18-4-2)13-7-5-12(6-8-13)11-16-10-9-15/h5-8,14-15H,3-4,9-11H2,1-2H3. The third kappa shape index (κ3) is 5.14. The quantitative estimate of drug-likeness (QED) is 0.542. The van der Waals surface area contributed by atoms with Gasteiger partial charge in [-0.1, -0.05) is 24.3 Å². The second-order valence-electron chi connectivity index (χ2n) is 3.76. The molecule has 1 N–H and O–H groups in total. The first-order valence-electron chi connectivity index (χ1n) is 6.32. The molecule has 0 saturated heterocycles. The third-order valence-corrected chi connectivity index (χ3v) is 2.39. The monoisotopic (exact) mass is 254 g/mol. The molecule has 1 aromatic rings. The van der Waals surface area contributed by atoms with Crippen LogP contribution in [0.5, 0.6) is 0 Å². The minimum absolute atomic E-state index is 0.0504. The Labute approximate surface area is 108 Å². The van der Waals surface area contributed by atoms with Crippen molar-refractivity contribution >= 4 is 0 Å². The highest BCUT2D eigenvalue weighted by molar-refractivity contribution is 5.23. The van der Waals surface area contributed by atoms with Gasteiger partial charge in [-0.15, -0.1) is 0 Å². The number of benzene rings is 1. The average molecular weight is 254 g/mol. The lowest BCUT2D eigenvalue weighted by Crippen LogP contribution is -2.09. The molecular formula is C14H22O4. The fourth-order valence-corrected chi connectivity index (χ4v) is 1.57. The summed E-state index contributed by atoms with van der Waals surface area (Å²) in [5.74, 6) is 0. The third-order valence-electron chi connectivity index (χ3n) is 2.39. The maximum Gasteiger partial charge on any atom is 0.183 e. The van der Waals surface area contributed by atoms with E-state index < -0.39 is 0 Å². The summed E-state index contributed by atoms with van der Waals surface area (Å²) >= 11 is 0. The fraction of sp³-hybridized carbons (Fsp3) is 0.571. The Kier molecular flexibility index (Phi) is 7.60. The number of hydrogen-bond donors (Lipinski definition) is 1. The summed E-state index contributed by atoms with van der Waals surface area (Å²) in [6.45, 7) is 6.05. The fourth-order valence-electron chi connectivity index (χ4n) is 1.57. The van der Waals surface area contributed by atoms with E-state index >= 15 is 0 Å². The Morgan fingerprint density at radius 3 is 2.17 bits per heavy atom. The number of aliphatic hydroxyl groups is 1. The van der Waals surface area contributed by atoms with Gasteiger partial charge >= 0.3 is 0 Å². The Balaban J connectivity index is 2.56. The maximum atomic E-state index is 8.62. The second-order valence-corrected chi connectivity index (χ2v) is 3.76. The molecule has 0 heterocycles. The van der Waals surface area contributed by atoms with Crippen LogP contribution in [0.25, 0.3) is 0 Å². The second kappa shape index (κ2) is 9.05. The van der Waals surface area contributed by atoms with Gasteiger partial charge in [0, 0.05) is 18.8 Å². The van der Waals surface area contributed by atoms with Crippen molar-refractivity contribution in [2.45, 2.75) is 26.7 Å². The molecule has 1 rings (SSSR count). The SMILES string of the molecule is CCOC(OCC)c1ccc(COCCO)cc1. The van der Waals surface area contributed by atoms with Gasteiger partial charge in [0.1, 0.15) is 0 Å². The predicted octanol–water partition coefficient (Wildman–Crippen LogP) is 2.27. The average Bonchev–Trinajstić information content (AvgIpc) is 2.40. The van der Waals surface area contributed by atoms with E-state index in [2.05, 4.69) is 0 Å². The molecule has 0 unspecified atom stereocenters. The lowest BCUT2D eigenvalue weighted by molar-refractivity contribution is -0.140. The molecule has 4 heteroatoms. The van der Waals surface area contributed by atoms with E-state index in [1.54, 1.807) is 0 Å². The number of rotatable bonds is 9. The van der Waals surface area contributed by atoms with E-state index in [0.29, 0.717) is 26.4 Å². The molecule has 0 aliphatic carbocycles. The van der Waals surface area contributed by atoms with Crippen LogP contribution in [0.1, 0.15) is 31.3 Å². The van der Waals surface area contributed by atoms with Crippen molar-refractivity contribution in [1.29, 1.82) is 0 Å². The summed E-state index contributed by atoms with van der Waals surface area (Å²) in [6, 6.07) is 7.93. The first-order chi connectivity index (χ1) is 8.81. The zero-order chi connectivity index (χ0) is 13.2. The van der Waals surface area contributed by atoms with Crippen LogP contribution in [0.2, 0.25) is 0 Å². The van der Waals surface area contributed by atoms with Crippen LogP contribution in [0.4, 0.5) is 0 Å². The molecule has 0 saturated carbocycles. The first kappa shape index (κ1) is 15.1. The zero-order valence-electron chi connectivity index (χ0n) is 11.1. The molecule has 0 amide bonds. The Hall–Kier alpha value is -0.940. The van der Waals surface area contributed by atoms with Gasteiger partial charge in [0.15, 0.2) is 6.29 Å². The van der Waals surface area contributed by atoms with Crippen molar-refractivity contribution in [2.24, 2.45) is 0 Å². The van der Waals surface area contributed by atoms with Gasteiger partial charge in [0.2, 0.25) is 0 Å². The van der Waals surface area contributed by atoms with E-state index in [1.165, 1.54) is 0 Å². The molecule has 0 aliphatic heterocycles. The summed E-state index contributed by atoms with van der Waals surface area (Å²) in [7, 11) is 0. The molecule has 1 aromatic carbocycles. The van der Waals surface area contributed by atoms with E-state index in [0.717, 1.165) is 11.1 Å². The molecule has 18 heavy (non-hydrogen) atoms. The molecule has 0 aromatic heterocycles. The molecule has 4 nitrogen and oxygen atoms in total. The lowest BCUT2D eigenvalue weighted by Gasteiger charge is -2.17. The zero-order valence-corrected chi connectivity index (χ0v) is 11.1. The molecule has 0 aliphatic rings. The molecular weight excluding hydrogens is 232 g/mol. The van der Waals surface area contributed by atoms with Gasteiger partial charge in [-0.2, -0.15) is 0 Å².